The van der Waals surface area contributed by atoms with Crippen LogP contribution in [0.1, 0.15) is 49.8 Å². The van der Waals surface area contributed by atoms with Gasteiger partial charge in [0.05, 0.1) is 6.54 Å². The summed E-state index contributed by atoms with van der Waals surface area (Å²) in [6.07, 6.45) is 0.545. The van der Waals surface area contributed by atoms with Gasteiger partial charge in [-0.05, 0) is 29.9 Å². The van der Waals surface area contributed by atoms with Crippen molar-refractivity contribution in [2.24, 2.45) is 0 Å². The molecule has 0 radical (unpaired) electrons. The van der Waals surface area contributed by atoms with Crippen LogP contribution in [0.25, 0.3) is 0 Å². The van der Waals surface area contributed by atoms with Gasteiger partial charge in [-0.15, -0.1) is 0 Å². The largest absolute Gasteiger partial charge is 0.439 e. The zero-order valence-electron chi connectivity index (χ0n) is 13.5. The lowest BCUT2D eigenvalue weighted by Gasteiger charge is -2.29. The molecule has 0 aromatic heterocycles. The molecule has 1 N–H and O–H groups in total. The van der Waals surface area contributed by atoms with Crippen LogP contribution in [-0.4, -0.2) is 29.5 Å². The number of piperidine rings is 1. The summed E-state index contributed by atoms with van der Waals surface area (Å²) in [5.74, 6) is 0.244. The number of benzene rings is 1. The highest BCUT2D eigenvalue weighted by Gasteiger charge is 2.41. The topological polar surface area (TPSA) is 58.6 Å². The highest BCUT2D eigenvalue weighted by molar-refractivity contribution is 5.88. The first kappa shape index (κ1) is 15.6. The molecule has 1 aromatic rings. The Hall–Kier alpha value is -2.30. The number of nitrogens with zero attached hydrogens (tertiary/aromatic N) is 1. The second kappa shape index (κ2) is 6.07. The molecule has 122 valence electrons. The van der Waals surface area contributed by atoms with Crippen molar-refractivity contribution >= 4 is 12.0 Å². The Labute approximate surface area is 136 Å². The minimum Gasteiger partial charge on any atom is -0.439 e. The van der Waals surface area contributed by atoms with Crippen molar-refractivity contribution in [1.29, 1.82) is 0 Å². The van der Waals surface area contributed by atoms with Crippen molar-refractivity contribution in [3.05, 3.63) is 47.7 Å². The lowest BCUT2D eigenvalue weighted by molar-refractivity contribution is -0.125. The molecular formula is C18H22N2O3. The molecule has 0 spiro atoms. The summed E-state index contributed by atoms with van der Waals surface area (Å²) in [5, 5.41) is 2.72. The van der Waals surface area contributed by atoms with Crippen LogP contribution in [-0.2, 0) is 9.53 Å². The van der Waals surface area contributed by atoms with Gasteiger partial charge in [0, 0.05) is 5.70 Å². The summed E-state index contributed by atoms with van der Waals surface area (Å²) in [6, 6.07) is 7.64. The van der Waals surface area contributed by atoms with Crippen LogP contribution >= 0.6 is 0 Å². The highest BCUT2D eigenvalue weighted by Crippen LogP contribution is 2.31. The molecule has 3 rings (SSSR count). The molecule has 2 amide bonds. The number of amides is 2. The number of hydrogen-bond acceptors (Lipinski definition) is 3. The van der Waals surface area contributed by atoms with Gasteiger partial charge in [-0.3, -0.25) is 9.69 Å². The second-order valence-electron chi connectivity index (χ2n) is 6.50. The minimum atomic E-state index is -0.466. The summed E-state index contributed by atoms with van der Waals surface area (Å²) < 4.78 is 5.51. The molecule has 1 unspecified atom stereocenters. The van der Waals surface area contributed by atoms with Gasteiger partial charge in [-0.25, -0.2) is 4.79 Å². The van der Waals surface area contributed by atoms with E-state index in [1.54, 1.807) is 0 Å². The van der Waals surface area contributed by atoms with E-state index in [1.807, 2.05) is 12.1 Å². The van der Waals surface area contributed by atoms with Gasteiger partial charge in [0.2, 0.25) is 5.91 Å². The number of carbonyl (C=O) groups excluding carboxylic acids is 2. The lowest BCUT2D eigenvalue weighted by atomic mass is 9.98. The summed E-state index contributed by atoms with van der Waals surface area (Å²) in [6.45, 7) is 8.43. The Kier molecular flexibility index (Phi) is 4.11. The molecular weight excluding hydrogens is 292 g/mol. The lowest BCUT2D eigenvalue weighted by Crippen LogP contribution is -2.49. The van der Waals surface area contributed by atoms with Crippen LogP contribution in [0.3, 0.4) is 0 Å². The van der Waals surface area contributed by atoms with Crippen LogP contribution in [0, 0.1) is 0 Å². The number of carbonyl (C=O) groups is 2. The van der Waals surface area contributed by atoms with Gasteiger partial charge in [0.15, 0.2) is 0 Å². The maximum Gasteiger partial charge on any atom is 0.411 e. The number of ether oxygens (including phenoxy) is 1. The molecule has 2 atom stereocenters. The fourth-order valence-corrected chi connectivity index (χ4v) is 3.09. The summed E-state index contributed by atoms with van der Waals surface area (Å²) in [7, 11) is 0. The van der Waals surface area contributed by atoms with Gasteiger partial charge in [0.25, 0.3) is 0 Å². The molecule has 0 saturated carbocycles. The van der Waals surface area contributed by atoms with E-state index in [1.165, 1.54) is 10.5 Å². The normalized spacial score (nSPS) is 24.8. The van der Waals surface area contributed by atoms with E-state index in [0.717, 1.165) is 5.56 Å². The maximum absolute atomic E-state index is 12.2. The van der Waals surface area contributed by atoms with E-state index >= 15 is 0 Å². The van der Waals surface area contributed by atoms with E-state index in [-0.39, 0.29) is 12.0 Å². The summed E-state index contributed by atoms with van der Waals surface area (Å²) >= 11 is 0. The smallest absolute Gasteiger partial charge is 0.411 e. The molecule has 0 bridgehead atoms. The number of allylic oxidation sites excluding steroid dienone is 1. The quantitative estimate of drug-likeness (QED) is 0.932. The average Bonchev–Trinajstić information content (AvgIpc) is 2.89. The third-order valence-electron chi connectivity index (χ3n) is 4.49. The van der Waals surface area contributed by atoms with Crippen LogP contribution in [0.4, 0.5) is 4.79 Å². The zero-order valence-corrected chi connectivity index (χ0v) is 13.5. The van der Waals surface area contributed by atoms with Crippen LogP contribution in [0.15, 0.2) is 36.5 Å². The van der Waals surface area contributed by atoms with Gasteiger partial charge >= 0.3 is 6.09 Å². The second-order valence-corrected chi connectivity index (χ2v) is 6.50. The molecule has 2 heterocycles. The first-order chi connectivity index (χ1) is 11.0. The Balaban J connectivity index is 1.76. The van der Waals surface area contributed by atoms with Crippen LogP contribution < -0.4 is 5.32 Å². The van der Waals surface area contributed by atoms with Crippen molar-refractivity contribution in [2.75, 3.05) is 6.54 Å². The summed E-state index contributed by atoms with van der Waals surface area (Å²) in [5.41, 5.74) is 2.90. The highest BCUT2D eigenvalue weighted by atomic mass is 16.6. The molecule has 0 aliphatic carbocycles. The molecule has 5 nitrogen and oxygen atoms in total. The number of cyclic esters (lactones) is 1. The Bertz CT molecular complexity index is 653. The Morgan fingerprint density at radius 3 is 2.83 bits per heavy atom. The third-order valence-corrected chi connectivity index (χ3v) is 4.49. The zero-order chi connectivity index (χ0) is 16.6. The van der Waals surface area contributed by atoms with E-state index in [0.29, 0.717) is 31.0 Å². The molecule has 2 saturated heterocycles. The first-order valence-corrected chi connectivity index (χ1v) is 8.01. The average molecular weight is 314 g/mol. The Morgan fingerprint density at radius 2 is 2.13 bits per heavy atom. The number of rotatable bonds is 3. The molecule has 2 aliphatic heterocycles. The predicted molar refractivity (Wildman–Crippen MR) is 86.8 cm³/mol. The maximum atomic E-state index is 12.2. The van der Waals surface area contributed by atoms with Gasteiger partial charge in [-0.1, -0.05) is 44.7 Å². The molecule has 2 aliphatic rings. The Morgan fingerprint density at radius 1 is 1.35 bits per heavy atom. The first-order valence-electron chi connectivity index (χ1n) is 8.01. The van der Waals surface area contributed by atoms with Crippen molar-refractivity contribution in [1.82, 2.24) is 10.2 Å². The summed E-state index contributed by atoms with van der Waals surface area (Å²) in [4.78, 5) is 25.8. The fraction of sp³-hybridized carbons (Fsp3) is 0.444. The van der Waals surface area contributed by atoms with Crippen molar-refractivity contribution < 1.29 is 14.3 Å². The van der Waals surface area contributed by atoms with Crippen LogP contribution in [0.5, 0.6) is 0 Å². The third kappa shape index (κ3) is 3.09. The molecule has 23 heavy (non-hydrogen) atoms. The number of nitrogens with one attached hydrogen (secondary N) is 1. The van der Waals surface area contributed by atoms with Crippen molar-refractivity contribution in [3.63, 3.8) is 0 Å². The SMILES string of the molecule is C=C1CCC(N2C[C@@H](c3cccc(C(C)C)c3)OC2=O)C(=O)N1. The van der Waals surface area contributed by atoms with Crippen molar-refractivity contribution in [2.45, 2.75) is 44.8 Å². The molecule has 1 aromatic carbocycles. The minimum absolute atomic E-state index is 0.171. The molecule has 5 heteroatoms. The van der Waals surface area contributed by atoms with E-state index in [2.05, 4.69) is 37.9 Å². The monoisotopic (exact) mass is 314 g/mol. The van der Waals surface area contributed by atoms with E-state index in [4.69, 9.17) is 4.74 Å². The molecule has 2 fully saturated rings. The number of hydrogen-bond donors (Lipinski definition) is 1. The van der Waals surface area contributed by atoms with Crippen molar-refractivity contribution in [3.8, 4) is 0 Å². The van der Waals surface area contributed by atoms with E-state index in [9.17, 15) is 9.59 Å². The standard InChI is InChI=1S/C18H22N2O3/c1-11(2)13-5-4-6-14(9-13)16-10-20(18(22)23-16)15-8-7-12(3)19-17(15)21/h4-6,9,11,15-16H,3,7-8,10H2,1-2H3,(H,19,21)/t15?,16-/m0/s1. The van der Waals surface area contributed by atoms with E-state index < -0.39 is 12.1 Å². The van der Waals surface area contributed by atoms with Gasteiger partial charge in [0.1, 0.15) is 12.1 Å². The fourth-order valence-electron chi connectivity index (χ4n) is 3.09. The predicted octanol–water partition coefficient (Wildman–Crippen LogP) is 3.10. The van der Waals surface area contributed by atoms with Gasteiger partial charge in [-0.2, -0.15) is 0 Å². The van der Waals surface area contributed by atoms with Gasteiger partial charge < -0.3 is 10.1 Å². The van der Waals surface area contributed by atoms with Crippen LogP contribution in [0.2, 0.25) is 0 Å².